The molecule has 0 bridgehead atoms. The quantitative estimate of drug-likeness (QED) is 0.894. The van der Waals surface area contributed by atoms with Gasteiger partial charge < -0.3 is 5.32 Å². The van der Waals surface area contributed by atoms with Crippen LogP contribution in [-0.2, 0) is 0 Å². The molecule has 0 aliphatic carbocycles. The fourth-order valence-electron chi connectivity index (χ4n) is 1.89. The van der Waals surface area contributed by atoms with Crippen molar-refractivity contribution in [3.63, 3.8) is 0 Å². The van der Waals surface area contributed by atoms with Crippen LogP contribution in [-0.4, -0.2) is 16.5 Å². The molecule has 0 amide bonds. The summed E-state index contributed by atoms with van der Waals surface area (Å²) in [6, 6.07) is 5.87. The van der Waals surface area contributed by atoms with Gasteiger partial charge in [0.25, 0.3) is 0 Å². The van der Waals surface area contributed by atoms with Gasteiger partial charge in [0.1, 0.15) is 6.33 Å². The second-order valence-corrected chi connectivity index (χ2v) is 5.55. The van der Waals surface area contributed by atoms with Gasteiger partial charge >= 0.3 is 0 Å². The fourth-order valence-corrected chi connectivity index (χ4v) is 2.50. The minimum Gasteiger partial charge on any atom is -0.306 e. The highest BCUT2D eigenvalue weighted by Gasteiger charge is 2.17. The molecule has 0 aliphatic rings. The van der Waals surface area contributed by atoms with Crippen LogP contribution in [0.1, 0.15) is 30.5 Å². The van der Waals surface area contributed by atoms with Crippen molar-refractivity contribution >= 4 is 27.5 Å². The number of rotatable bonds is 5. The van der Waals surface area contributed by atoms with Gasteiger partial charge in [-0.3, -0.25) is 0 Å². The smallest absolute Gasteiger partial charge is 0.115 e. The molecule has 0 fully saturated rings. The summed E-state index contributed by atoms with van der Waals surface area (Å²) >= 11 is 9.81. The minimum absolute atomic E-state index is 0.00569. The summed E-state index contributed by atoms with van der Waals surface area (Å²) in [5.74, 6) is 0. The van der Waals surface area contributed by atoms with Crippen LogP contribution in [0.4, 0.5) is 0 Å². The molecule has 1 N–H and O–H groups in total. The third-order valence-corrected chi connectivity index (χ3v) is 3.62. The van der Waals surface area contributed by atoms with E-state index in [1.54, 1.807) is 0 Å². The van der Waals surface area contributed by atoms with Gasteiger partial charge in [0.2, 0.25) is 0 Å². The van der Waals surface area contributed by atoms with Crippen LogP contribution in [0.15, 0.2) is 41.4 Å². The molecule has 0 saturated heterocycles. The Balaban J connectivity index is 2.40. The Morgan fingerprint density at radius 2 is 2.05 bits per heavy atom. The lowest BCUT2D eigenvalue weighted by atomic mass is 10.0. The first kappa shape index (κ1) is 14.4. The second-order valence-electron chi connectivity index (χ2n) is 4.22. The third kappa shape index (κ3) is 3.75. The average Bonchev–Trinajstić information content (AvgIpc) is 2.44. The standard InChI is InChI=1S/C14H15BrClN3/c1-2-5-19-14(10-7-17-9-18-8-10)12-6-11(15)3-4-13(12)16/h3-4,6-9,14,19H,2,5H2,1H3. The fraction of sp³-hybridized carbons (Fsp3) is 0.286. The molecule has 1 unspecified atom stereocenters. The van der Waals surface area contributed by atoms with Crippen LogP contribution in [0.2, 0.25) is 5.02 Å². The lowest BCUT2D eigenvalue weighted by molar-refractivity contribution is 0.595. The zero-order valence-electron chi connectivity index (χ0n) is 10.6. The highest BCUT2D eigenvalue weighted by Crippen LogP contribution is 2.30. The monoisotopic (exact) mass is 339 g/mol. The Bertz CT molecular complexity index is 533. The molecule has 2 rings (SSSR count). The summed E-state index contributed by atoms with van der Waals surface area (Å²) in [5.41, 5.74) is 2.04. The van der Waals surface area contributed by atoms with E-state index in [4.69, 9.17) is 11.6 Å². The third-order valence-electron chi connectivity index (χ3n) is 2.78. The molecule has 1 atom stereocenters. The van der Waals surface area contributed by atoms with Crippen LogP contribution >= 0.6 is 27.5 Å². The van der Waals surface area contributed by atoms with E-state index in [1.807, 2.05) is 30.6 Å². The number of hydrogen-bond acceptors (Lipinski definition) is 3. The lowest BCUT2D eigenvalue weighted by Gasteiger charge is -2.20. The van der Waals surface area contributed by atoms with E-state index in [9.17, 15) is 0 Å². The molecule has 3 nitrogen and oxygen atoms in total. The molecular weight excluding hydrogens is 326 g/mol. The summed E-state index contributed by atoms with van der Waals surface area (Å²) in [7, 11) is 0. The zero-order chi connectivity index (χ0) is 13.7. The molecule has 1 aromatic heterocycles. The maximum absolute atomic E-state index is 6.32. The highest BCUT2D eigenvalue weighted by atomic mass is 79.9. The van der Waals surface area contributed by atoms with Crippen LogP contribution in [0.25, 0.3) is 0 Å². The maximum atomic E-state index is 6.32. The number of nitrogens with one attached hydrogen (secondary N) is 1. The largest absolute Gasteiger partial charge is 0.306 e. The summed E-state index contributed by atoms with van der Waals surface area (Å²) in [5, 5.41) is 4.22. The first-order valence-electron chi connectivity index (χ1n) is 6.15. The molecule has 2 aromatic rings. The molecule has 1 heterocycles. The van der Waals surface area contributed by atoms with Crippen molar-refractivity contribution in [2.75, 3.05) is 6.54 Å². The van der Waals surface area contributed by atoms with Crippen molar-refractivity contribution in [1.82, 2.24) is 15.3 Å². The summed E-state index contributed by atoms with van der Waals surface area (Å²) in [4.78, 5) is 8.17. The second kappa shape index (κ2) is 6.98. The Kier molecular flexibility index (Phi) is 5.31. The lowest BCUT2D eigenvalue weighted by Crippen LogP contribution is -2.23. The van der Waals surface area contributed by atoms with Crippen molar-refractivity contribution in [3.8, 4) is 0 Å². The van der Waals surface area contributed by atoms with Gasteiger partial charge in [0, 0.05) is 27.5 Å². The van der Waals surface area contributed by atoms with E-state index < -0.39 is 0 Å². The zero-order valence-corrected chi connectivity index (χ0v) is 12.9. The van der Waals surface area contributed by atoms with E-state index >= 15 is 0 Å². The highest BCUT2D eigenvalue weighted by molar-refractivity contribution is 9.10. The summed E-state index contributed by atoms with van der Waals surface area (Å²) < 4.78 is 1.01. The van der Waals surface area contributed by atoms with Crippen molar-refractivity contribution in [3.05, 3.63) is 57.5 Å². The molecule has 1 aromatic carbocycles. The van der Waals surface area contributed by atoms with Crippen molar-refractivity contribution in [2.45, 2.75) is 19.4 Å². The van der Waals surface area contributed by atoms with Crippen molar-refractivity contribution in [2.24, 2.45) is 0 Å². The van der Waals surface area contributed by atoms with Crippen LogP contribution in [0.5, 0.6) is 0 Å². The summed E-state index contributed by atoms with van der Waals surface area (Å²) in [6.45, 7) is 3.04. The van der Waals surface area contributed by atoms with Gasteiger partial charge in [0.05, 0.1) is 6.04 Å². The van der Waals surface area contributed by atoms with Crippen LogP contribution in [0, 0.1) is 0 Å². The minimum atomic E-state index is 0.00569. The molecule has 0 radical (unpaired) electrons. The SMILES string of the molecule is CCCNC(c1cncnc1)c1cc(Br)ccc1Cl. The van der Waals surface area contributed by atoms with E-state index in [1.165, 1.54) is 6.33 Å². The van der Waals surface area contributed by atoms with Gasteiger partial charge in [-0.1, -0.05) is 34.5 Å². The van der Waals surface area contributed by atoms with Gasteiger partial charge in [0.15, 0.2) is 0 Å². The van der Waals surface area contributed by atoms with Crippen molar-refractivity contribution in [1.29, 1.82) is 0 Å². The Hall–Kier alpha value is -0.970. The summed E-state index contributed by atoms with van der Waals surface area (Å²) in [6.07, 6.45) is 6.22. The predicted octanol–water partition coefficient (Wildman–Crippen LogP) is 3.98. The van der Waals surface area contributed by atoms with Crippen molar-refractivity contribution < 1.29 is 0 Å². The Morgan fingerprint density at radius 1 is 1.32 bits per heavy atom. The molecular formula is C14H15BrClN3. The van der Waals surface area contributed by atoms with Gasteiger partial charge in [-0.2, -0.15) is 0 Å². The Labute approximate surface area is 126 Å². The molecule has 0 aliphatic heterocycles. The maximum Gasteiger partial charge on any atom is 0.115 e. The van der Waals surface area contributed by atoms with E-state index in [0.29, 0.717) is 0 Å². The molecule has 0 spiro atoms. The predicted molar refractivity (Wildman–Crippen MR) is 81.3 cm³/mol. The van der Waals surface area contributed by atoms with Crippen LogP contribution < -0.4 is 5.32 Å². The first-order valence-corrected chi connectivity index (χ1v) is 7.32. The van der Waals surface area contributed by atoms with E-state index in [2.05, 4.69) is 38.1 Å². The topological polar surface area (TPSA) is 37.8 Å². The molecule has 0 saturated carbocycles. The van der Waals surface area contributed by atoms with Gasteiger partial charge in [-0.15, -0.1) is 0 Å². The number of aromatic nitrogens is 2. The molecule has 5 heteroatoms. The number of benzene rings is 1. The number of halogens is 2. The van der Waals surface area contributed by atoms with E-state index in [0.717, 1.165) is 33.6 Å². The molecule has 19 heavy (non-hydrogen) atoms. The first-order chi connectivity index (χ1) is 9.22. The van der Waals surface area contributed by atoms with E-state index in [-0.39, 0.29) is 6.04 Å². The van der Waals surface area contributed by atoms with Crippen LogP contribution in [0.3, 0.4) is 0 Å². The normalized spacial score (nSPS) is 12.4. The number of hydrogen-bond donors (Lipinski definition) is 1. The Morgan fingerprint density at radius 3 is 2.74 bits per heavy atom. The van der Waals surface area contributed by atoms with Gasteiger partial charge in [-0.05, 0) is 36.7 Å². The number of nitrogens with zero attached hydrogens (tertiary/aromatic N) is 2. The van der Waals surface area contributed by atoms with Gasteiger partial charge in [-0.25, -0.2) is 9.97 Å². The average molecular weight is 341 g/mol. The molecule has 100 valence electrons.